The second-order valence-corrected chi connectivity index (χ2v) is 8.26. The Labute approximate surface area is 154 Å². The van der Waals surface area contributed by atoms with Gasteiger partial charge < -0.3 is 25.8 Å². The van der Waals surface area contributed by atoms with E-state index in [0.29, 0.717) is 0 Å². The predicted octanol–water partition coefficient (Wildman–Crippen LogP) is -2.69. The van der Waals surface area contributed by atoms with E-state index in [2.05, 4.69) is 19.8 Å². The van der Waals surface area contributed by atoms with Gasteiger partial charge in [-0.2, -0.15) is 9.97 Å². The Morgan fingerprint density at radius 3 is 2.70 bits per heavy atom. The monoisotopic (exact) mass is 403 g/mol. The van der Waals surface area contributed by atoms with E-state index in [1.807, 2.05) is 0 Å². The quantitative estimate of drug-likeness (QED) is 0.327. The minimum atomic E-state index is -3.58. The molecule has 0 spiro atoms. The van der Waals surface area contributed by atoms with Gasteiger partial charge in [-0.05, 0) is 6.92 Å². The van der Waals surface area contributed by atoms with Gasteiger partial charge >= 0.3 is 0 Å². The van der Waals surface area contributed by atoms with E-state index < -0.39 is 40.7 Å². The summed E-state index contributed by atoms with van der Waals surface area (Å²) in [6.07, 6.45) is -1.20. The Morgan fingerprint density at radius 1 is 1.48 bits per heavy atom. The number of fused-ring (bicyclic) bond motifs is 1. The molecule has 13 nitrogen and oxygen atoms in total. The van der Waals surface area contributed by atoms with Crippen molar-refractivity contribution in [2.45, 2.75) is 31.0 Å². The SMILES string of the molecule is CN(NS(C)(=O)=O)c1nc(N)nc2c1ncn2[C@@H]1O[C@H](CO)[C@@H](O)[C@@]1(C)O. The van der Waals surface area contributed by atoms with Gasteiger partial charge in [-0.15, -0.1) is 4.83 Å². The van der Waals surface area contributed by atoms with Crippen LogP contribution < -0.4 is 15.6 Å². The summed E-state index contributed by atoms with van der Waals surface area (Å²) in [5, 5.41) is 31.3. The number of sulfonamides is 1. The number of hydrazine groups is 1. The normalized spacial score (nSPS) is 28.7. The van der Waals surface area contributed by atoms with Crippen LogP contribution in [0, 0.1) is 0 Å². The Hall–Kier alpha value is -2.10. The molecule has 14 heteroatoms. The number of nitrogens with zero attached hydrogens (tertiary/aromatic N) is 5. The van der Waals surface area contributed by atoms with Crippen LogP contribution in [-0.2, 0) is 14.8 Å². The molecule has 4 atom stereocenters. The van der Waals surface area contributed by atoms with Crippen molar-refractivity contribution in [2.75, 3.05) is 30.7 Å². The molecule has 150 valence electrons. The number of hydrogen-bond donors (Lipinski definition) is 5. The van der Waals surface area contributed by atoms with Gasteiger partial charge in [-0.1, -0.05) is 0 Å². The van der Waals surface area contributed by atoms with Crippen molar-refractivity contribution in [1.82, 2.24) is 24.4 Å². The first kappa shape index (κ1) is 19.7. The van der Waals surface area contributed by atoms with Crippen LogP contribution >= 0.6 is 0 Å². The fraction of sp³-hybridized carbons (Fsp3) is 0.615. The van der Waals surface area contributed by atoms with Gasteiger partial charge in [0.1, 0.15) is 17.8 Å². The maximum absolute atomic E-state index is 11.5. The predicted molar refractivity (Wildman–Crippen MR) is 93.7 cm³/mol. The Morgan fingerprint density at radius 2 is 2.15 bits per heavy atom. The zero-order valence-corrected chi connectivity index (χ0v) is 15.6. The molecule has 0 aliphatic carbocycles. The molecule has 6 N–H and O–H groups in total. The summed E-state index contributed by atoms with van der Waals surface area (Å²) in [6.45, 7) is 0.858. The second-order valence-electron chi connectivity index (χ2n) is 6.53. The van der Waals surface area contributed by atoms with Gasteiger partial charge in [0.15, 0.2) is 23.2 Å². The topological polar surface area (TPSA) is 189 Å². The largest absolute Gasteiger partial charge is 0.394 e. The zero-order valence-electron chi connectivity index (χ0n) is 14.8. The minimum Gasteiger partial charge on any atom is -0.394 e. The van der Waals surface area contributed by atoms with Crippen molar-refractivity contribution in [2.24, 2.45) is 0 Å². The Bertz CT molecular complexity index is 961. The molecule has 3 rings (SSSR count). The lowest BCUT2D eigenvalue weighted by Crippen LogP contribution is -2.44. The average Bonchev–Trinajstić information content (AvgIpc) is 3.04. The van der Waals surface area contributed by atoms with Gasteiger partial charge in [-0.25, -0.2) is 13.4 Å². The number of nitrogens with one attached hydrogen (secondary N) is 1. The molecule has 2 aromatic heterocycles. The van der Waals surface area contributed by atoms with Crippen LogP contribution in [0.25, 0.3) is 11.2 Å². The third kappa shape index (κ3) is 3.42. The van der Waals surface area contributed by atoms with Crippen LogP contribution in [0.1, 0.15) is 13.2 Å². The number of imidazole rings is 1. The molecule has 0 saturated carbocycles. The van der Waals surface area contributed by atoms with Crippen molar-refractivity contribution in [1.29, 1.82) is 0 Å². The molecule has 1 aliphatic rings. The number of nitrogens with two attached hydrogens (primary N) is 1. The lowest BCUT2D eigenvalue weighted by Gasteiger charge is -2.27. The van der Waals surface area contributed by atoms with Crippen LogP contribution in [0.5, 0.6) is 0 Å². The molecule has 0 bridgehead atoms. The third-order valence-electron chi connectivity index (χ3n) is 4.23. The number of aliphatic hydroxyl groups is 3. The van der Waals surface area contributed by atoms with Crippen molar-refractivity contribution < 1.29 is 28.5 Å². The smallest absolute Gasteiger partial charge is 0.225 e. The molecule has 1 fully saturated rings. The van der Waals surface area contributed by atoms with E-state index in [-0.39, 0.29) is 22.9 Å². The van der Waals surface area contributed by atoms with E-state index in [4.69, 9.17) is 10.5 Å². The number of nitrogen functional groups attached to an aromatic ring is 1. The highest BCUT2D eigenvalue weighted by Crippen LogP contribution is 2.39. The number of hydrogen-bond acceptors (Lipinski definition) is 11. The summed E-state index contributed by atoms with van der Waals surface area (Å²) in [4.78, 5) is 14.5. The van der Waals surface area contributed by atoms with Gasteiger partial charge in [0.05, 0.1) is 19.2 Å². The fourth-order valence-corrected chi connectivity index (χ4v) is 3.59. The maximum Gasteiger partial charge on any atom is 0.225 e. The minimum absolute atomic E-state index is 0.0820. The number of aromatic nitrogens is 4. The van der Waals surface area contributed by atoms with E-state index in [1.165, 1.54) is 24.9 Å². The summed E-state index contributed by atoms with van der Waals surface area (Å²) in [7, 11) is -2.17. The summed E-state index contributed by atoms with van der Waals surface area (Å²) >= 11 is 0. The first-order chi connectivity index (χ1) is 12.5. The lowest BCUT2D eigenvalue weighted by atomic mass is 9.96. The number of aliphatic hydroxyl groups excluding tert-OH is 2. The molecule has 1 aliphatic heterocycles. The van der Waals surface area contributed by atoms with Crippen LogP contribution in [-0.4, -0.2) is 81.0 Å². The van der Waals surface area contributed by atoms with Gasteiger partial charge in [0, 0.05) is 7.05 Å². The van der Waals surface area contributed by atoms with E-state index in [1.54, 1.807) is 0 Å². The van der Waals surface area contributed by atoms with Crippen LogP contribution in [0.2, 0.25) is 0 Å². The van der Waals surface area contributed by atoms with Crippen molar-refractivity contribution in [3.63, 3.8) is 0 Å². The third-order valence-corrected chi connectivity index (χ3v) is 4.83. The maximum atomic E-state index is 11.5. The Kier molecular flexibility index (Phi) is 4.73. The number of anilines is 2. The van der Waals surface area contributed by atoms with Gasteiger partial charge in [0.2, 0.25) is 16.0 Å². The summed E-state index contributed by atoms with van der Waals surface area (Å²) in [5.74, 6) is -0.0862. The molecular weight excluding hydrogens is 382 g/mol. The summed E-state index contributed by atoms with van der Waals surface area (Å²) < 4.78 is 29.9. The Balaban J connectivity index is 2.10. The fourth-order valence-electron chi connectivity index (χ4n) is 3.01. The van der Waals surface area contributed by atoms with E-state index in [9.17, 15) is 23.7 Å². The van der Waals surface area contributed by atoms with Crippen molar-refractivity contribution in [3.8, 4) is 0 Å². The molecule has 0 aromatic carbocycles. The second kappa shape index (κ2) is 6.50. The standard InChI is InChI=1S/C13H21N7O6S/c1-13(23)8(22)6(4-21)26-11(13)20-5-15-7-9(16-12(14)17-10(7)20)19(2)18-27(3,24)25/h5-6,8,11,18,21-23H,4H2,1-3H3,(H2,14,16,17)/t6-,8-,11-,13-/m1/s1. The molecule has 1 saturated heterocycles. The van der Waals surface area contributed by atoms with E-state index in [0.717, 1.165) is 11.3 Å². The zero-order chi connectivity index (χ0) is 20.1. The lowest BCUT2D eigenvalue weighted by molar-refractivity contribution is -0.0950. The van der Waals surface area contributed by atoms with Crippen molar-refractivity contribution >= 4 is 33.0 Å². The first-order valence-corrected chi connectivity index (χ1v) is 9.72. The molecule has 2 aromatic rings. The summed E-state index contributed by atoms with van der Waals surface area (Å²) in [5.41, 5.74) is 4.32. The molecule has 0 radical (unpaired) electrons. The molecule has 27 heavy (non-hydrogen) atoms. The van der Waals surface area contributed by atoms with Crippen molar-refractivity contribution in [3.05, 3.63) is 6.33 Å². The van der Waals surface area contributed by atoms with Crippen LogP contribution in [0.15, 0.2) is 6.33 Å². The highest BCUT2D eigenvalue weighted by Gasteiger charge is 2.53. The molecule has 3 heterocycles. The summed E-state index contributed by atoms with van der Waals surface area (Å²) in [6, 6.07) is 0. The van der Waals surface area contributed by atoms with E-state index >= 15 is 0 Å². The van der Waals surface area contributed by atoms with Gasteiger partial charge in [-0.3, -0.25) is 9.58 Å². The number of ether oxygens (including phenoxy) is 1. The molecular formula is C13H21N7O6S. The molecule has 0 unspecified atom stereocenters. The number of rotatable bonds is 5. The average molecular weight is 403 g/mol. The van der Waals surface area contributed by atoms with Crippen LogP contribution in [0.3, 0.4) is 0 Å². The molecule has 0 amide bonds. The highest BCUT2D eigenvalue weighted by atomic mass is 32.2. The highest BCUT2D eigenvalue weighted by molar-refractivity contribution is 7.88. The first-order valence-electron chi connectivity index (χ1n) is 7.83. The van der Waals surface area contributed by atoms with Crippen LogP contribution in [0.4, 0.5) is 11.8 Å². The van der Waals surface area contributed by atoms with Gasteiger partial charge in [0.25, 0.3) is 0 Å².